The van der Waals surface area contributed by atoms with E-state index in [-0.39, 0.29) is 6.61 Å². The van der Waals surface area contributed by atoms with Gasteiger partial charge in [-0.3, -0.25) is 0 Å². The van der Waals surface area contributed by atoms with Crippen LogP contribution in [0.25, 0.3) is 0 Å². The second kappa shape index (κ2) is 3.85. The number of halogens is 1. The molecule has 0 N–H and O–H groups in total. The molecule has 1 rings (SSSR count). The van der Waals surface area contributed by atoms with Crippen LogP contribution in [0.1, 0.15) is 0 Å². The highest BCUT2D eigenvalue weighted by Gasteiger charge is 1.92. The van der Waals surface area contributed by atoms with Crippen molar-refractivity contribution in [1.82, 2.24) is 4.98 Å². The maximum absolute atomic E-state index is 5.58. The number of hydrogen-bond acceptors (Lipinski definition) is 2. The Balaban J connectivity index is 2.65. The first kappa shape index (κ1) is 7.90. The van der Waals surface area contributed by atoms with Gasteiger partial charge in [0.05, 0.1) is 0 Å². The van der Waals surface area contributed by atoms with E-state index >= 15 is 0 Å². The van der Waals surface area contributed by atoms with Crippen molar-refractivity contribution in [2.75, 3.05) is 6.61 Å². The van der Waals surface area contributed by atoms with E-state index in [9.17, 15) is 0 Å². The van der Waals surface area contributed by atoms with Gasteiger partial charge in [0.1, 0.15) is 17.5 Å². The topological polar surface area (TPSA) is 22.1 Å². The number of ether oxygens (including phenoxy) is 1. The van der Waals surface area contributed by atoms with E-state index in [2.05, 4.69) is 10.9 Å². The van der Waals surface area contributed by atoms with Crippen LogP contribution in [-0.2, 0) is 0 Å². The Morgan fingerprint density at radius 2 is 2.55 bits per heavy atom. The molecule has 56 valence electrons. The van der Waals surface area contributed by atoms with Crippen molar-refractivity contribution in [3.05, 3.63) is 23.5 Å². The summed E-state index contributed by atoms with van der Waals surface area (Å²) in [7, 11) is 0. The Morgan fingerprint density at radius 1 is 1.73 bits per heavy atom. The van der Waals surface area contributed by atoms with Crippen molar-refractivity contribution in [3.8, 4) is 18.1 Å². The Labute approximate surface area is 70.2 Å². The van der Waals surface area contributed by atoms with Crippen molar-refractivity contribution in [1.29, 1.82) is 0 Å². The summed E-state index contributed by atoms with van der Waals surface area (Å²) in [5, 5.41) is 0.402. The lowest BCUT2D eigenvalue weighted by atomic mass is 10.4. The van der Waals surface area contributed by atoms with Crippen LogP contribution in [0.2, 0.25) is 5.15 Å². The van der Waals surface area contributed by atoms with Crippen LogP contribution in [0.3, 0.4) is 0 Å². The standard InChI is InChI=1S/C8H6ClNO/c1-2-5-11-7-3-4-10-8(9)6-7/h1,3-4,6H,5H2. The van der Waals surface area contributed by atoms with Gasteiger partial charge in [-0.05, 0) is 6.07 Å². The summed E-state index contributed by atoms with van der Waals surface area (Å²) in [6.07, 6.45) is 6.55. The SMILES string of the molecule is C#CCOc1ccnc(Cl)c1. The smallest absolute Gasteiger partial charge is 0.148 e. The monoisotopic (exact) mass is 167 g/mol. The molecular weight excluding hydrogens is 162 g/mol. The minimum atomic E-state index is 0.250. The Kier molecular flexibility index (Phi) is 2.76. The van der Waals surface area contributed by atoms with Gasteiger partial charge in [-0.1, -0.05) is 17.5 Å². The molecule has 2 nitrogen and oxygen atoms in total. The van der Waals surface area contributed by atoms with E-state index in [1.54, 1.807) is 18.3 Å². The zero-order valence-electron chi connectivity index (χ0n) is 5.75. The molecule has 0 unspecified atom stereocenters. The second-order valence-corrected chi connectivity index (χ2v) is 2.19. The molecule has 1 heterocycles. The number of aromatic nitrogens is 1. The first-order valence-corrected chi connectivity index (χ1v) is 3.38. The van der Waals surface area contributed by atoms with Gasteiger partial charge < -0.3 is 4.74 Å². The number of pyridine rings is 1. The molecule has 0 saturated heterocycles. The van der Waals surface area contributed by atoms with E-state index in [1.807, 2.05) is 0 Å². The average Bonchev–Trinajstić information content (AvgIpc) is 2.01. The summed E-state index contributed by atoms with van der Waals surface area (Å²) >= 11 is 5.58. The van der Waals surface area contributed by atoms with Crippen LogP contribution in [0.5, 0.6) is 5.75 Å². The molecule has 11 heavy (non-hydrogen) atoms. The molecule has 0 aromatic carbocycles. The highest BCUT2D eigenvalue weighted by atomic mass is 35.5. The molecule has 0 amide bonds. The van der Waals surface area contributed by atoms with E-state index in [0.29, 0.717) is 10.9 Å². The van der Waals surface area contributed by atoms with Crippen molar-refractivity contribution in [3.63, 3.8) is 0 Å². The van der Waals surface area contributed by atoms with Gasteiger partial charge in [-0.15, -0.1) is 6.42 Å². The van der Waals surface area contributed by atoms with Gasteiger partial charge >= 0.3 is 0 Å². The van der Waals surface area contributed by atoms with Gasteiger partial charge in [-0.25, -0.2) is 4.98 Å². The minimum absolute atomic E-state index is 0.250. The van der Waals surface area contributed by atoms with Crippen LogP contribution in [-0.4, -0.2) is 11.6 Å². The fourth-order valence-corrected chi connectivity index (χ4v) is 0.763. The number of terminal acetylenes is 1. The molecule has 3 heteroatoms. The molecule has 0 fully saturated rings. The number of rotatable bonds is 2. The molecule has 0 spiro atoms. The predicted octanol–water partition coefficient (Wildman–Crippen LogP) is 1.75. The van der Waals surface area contributed by atoms with Crippen LogP contribution in [0.15, 0.2) is 18.3 Å². The molecule has 0 radical (unpaired) electrons. The largest absolute Gasteiger partial charge is 0.481 e. The maximum atomic E-state index is 5.58. The zero-order chi connectivity index (χ0) is 8.10. The van der Waals surface area contributed by atoms with E-state index in [4.69, 9.17) is 22.8 Å². The van der Waals surface area contributed by atoms with Gasteiger partial charge in [0.15, 0.2) is 0 Å². The third-order valence-electron chi connectivity index (χ3n) is 1.02. The number of nitrogens with zero attached hydrogens (tertiary/aromatic N) is 1. The quantitative estimate of drug-likeness (QED) is 0.495. The van der Waals surface area contributed by atoms with Crippen molar-refractivity contribution >= 4 is 11.6 Å². The average molecular weight is 168 g/mol. The highest BCUT2D eigenvalue weighted by Crippen LogP contribution is 2.13. The van der Waals surface area contributed by atoms with Crippen molar-refractivity contribution < 1.29 is 4.74 Å². The third-order valence-corrected chi connectivity index (χ3v) is 1.23. The van der Waals surface area contributed by atoms with E-state index in [0.717, 1.165) is 0 Å². The van der Waals surface area contributed by atoms with E-state index in [1.165, 1.54) is 0 Å². The molecule has 1 aromatic heterocycles. The third kappa shape index (κ3) is 2.48. The van der Waals surface area contributed by atoms with Crippen molar-refractivity contribution in [2.24, 2.45) is 0 Å². The van der Waals surface area contributed by atoms with Gasteiger partial charge in [0, 0.05) is 12.3 Å². The summed E-state index contributed by atoms with van der Waals surface area (Å²) in [5.41, 5.74) is 0. The first-order valence-electron chi connectivity index (χ1n) is 3.01. The van der Waals surface area contributed by atoms with Gasteiger partial charge in [-0.2, -0.15) is 0 Å². The molecule has 0 saturated carbocycles. The fourth-order valence-electron chi connectivity index (χ4n) is 0.599. The molecule has 0 aliphatic heterocycles. The van der Waals surface area contributed by atoms with Crippen LogP contribution >= 0.6 is 11.6 Å². The molecule has 0 atom stereocenters. The van der Waals surface area contributed by atoms with Gasteiger partial charge in [0.25, 0.3) is 0 Å². The second-order valence-electron chi connectivity index (χ2n) is 1.81. The lowest BCUT2D eigenvalue weighted by Crippen LogP contribution is -1.93. The predicted molar refractivity (Wildman–Crippen MR) is 43.6 cm³/mol. The first-order chi connectivity index (χ1) is 5.33. The summed E-state index contributed by atoms with van der Waals surface area (Å²) in [4.78, 5) is 3.78. The summed E-state index contributed by atoms with van der Waals surface area (Å²) in [6.45, 7) is 0.250. The Morgan fingerprint density at radius 3 is 3.18 bits per heavy atom. The summed E-state index contributed by atoms with van der Waals surface area (Å²) < 4.78 is 5.08. The number of hydrogen-bond donors (Lipinski definition) is 0. The van der Waals surface area contributed by atoms with E-state index < -0.39 is 0 Å². The Hall–Kier alpha value is -1.20. The zero-order valence-corrected chi connectivity index (χ0v) is 6.51. The molecular formula is C8H6ClNO. The highest BCUT2D eigenvalue weighted by molar-refractivity contribution is 6.29. The minimum Gasteiger partial charge on any atom is -0.481 e. The lowest BCUT2D eigenvalue weighted by Gasteiger charge is -1.99. The molecule has 1 aromatic rings. The van der Waals surface area contributed by atoms with Crippen LogP contribution in [0.4, 0.5) is 0 Å². The van der Waals surface area contributed by atoms with Crippen LogP contribution in [0, 0.1) is 12.3 Å². The summed E-state index contributed by atoms with van der Waals surface area (Å²) in [6, 6.07) is 3.31. The van der Waals surface area contributed by atoms with Crippen LogP contribution < -0.4 is 4.74 Å². The normalized spacial score (nSPS) is 8.73. The maximum Gasteiger partial charge on any atom is 0.148 e. The Bertz CT molecular complexity index is 280. The molecule has 0 aliphatic carbocycles. The van der Waals surface area contributed by atoms with Gasteiger partial charge in [0.2, 0.25) is 0 Å². The lowest BCUT2D eigenvalue weighted by molar-refractivity contribution is 0.370. The molecule has 0 aliphatic rings. The summed E-state index contributed by atoms with van der Waals surface area (Å²) in [5.74, 6) is 2.99. The van der Waals surface area contributed by atoms with Crippen molar-refractivity contribution in [2.45, 2.75) is 0 Å². The molecule has 0 bridgehead atoms. The fraction of sp³-hybridized carbons (Fsp3) is 0.125.